The summed E-state index contributed by atoms with van der Waals surface area (Å²) in [5.74, 6) is 0.0633. The van der Waals surface area contributed by atoms with Crippen molar-refractivity contribution < 1.29 is 17.9 Å². The van der Waals surface area contributed by atoms with Crippen LogP contribution in [0.1, 0.15) is 21.5 Å². The van der Waals surface area contributed by atoms with Gasteiger partial charge in [0.05, 0.1) is 22.3 Å². The van der Waals surface area contributed by atoms with Crippen molar-refractivity contribution in [3.63, 3.8) is 0 Å². The van der Waals surface area contributed by atoms with Gasteiger partial charge in [0.2, 0.25) is 0 Å². The number of sulfonamides is 1. The molecule has 0 radical (unpaired) electrons. The molecule has 0 aliphatic heterocycles. The molecule has 0 heterocycles. The summed E-state index contributed by atoms with van der Waals surface area (Å²) in [6.45, 7) is 4.07. The van der Waals surface area contributed by atoms with E-state index < -0.39 is 15.9 Å². The third-order valence-corrected chi connectivity index (χ3v) is 6.76. The number of ether oxygens (including phenoxy) is 1. The highest BCUT2D eigenvalue weighted by Gasteiger charge is 2.21. The van der Waals surface area contributed by atoms with Crippen LogP contribution in [0.4, 0.5) is 5.69 Å². The predicted molar refractivity (Wildman–Crippen MR) is 127 cm³/mol. The summed E-state index contributed by atoms with van der Waals surface area (Å²) >= 11 is 12.2. The Morgan fingerprint density at radius 2 is 1.72 bits per heavy atom. The summed E-state index contributed by atoms with van der Waals surface area (Å²) in [7, 11) is -4.01. The summed E-state index contributed by atoms with van der Waals surface area (Å²) in [5.41, 5.74) is 2.29. The molecule has 6 nitrogen and oxygen atoms in total. The van der Waals surface area contributed by atoms with Gasteiger partial charge < -0.3 is 10.1 Å². The van der Waals surface area contributed by atoms with Crippen molar-refractivity contribution in [1.29, 1.82) is 0 Å². The molecule has 0 aliphatic carbocycles. The molecule has 9 heteroatoms. The Bertz CT molecular complexity index is 1250. The topological polar surface area (TPSA) is 84.5 Å². The summed E-state index contributed by atoms with van der Waals surface area (Å²) in [5, 5.41) is 3.18. The van der Waals surface area contributed by atoms with Crippen LogP contribution in [0, 0.1) is 13.8 Å². The molecule has 3 aromatic carbocycles. The zero-order valence-corrected chi connectivity index (χ0v) is 19.8. The zero-order chi connectivity index (χ0) is 23.3. The monoisotopic (exact) mass is 492 g/mol. The van der Waals surface area contributed by atoms with Crippen LogP contribution in [0.15, 0.2) is 65.6 Å². The van der Waals surface area contributed by atoms with E-state index in [2.05, 4.69) is 10.0 Å². The van der Waals surface area contributed by atoms with Gasteiger partial charge in [-0.05, 0) is 61.4 Å². The lowest BCUT2D eigenvalue weighted by atomic mass is 10.1. The van der Waals surface area contributed by atoms with Crippen LogP contribution >= 0.6 is 23.2 Å². The summed E-state index contributed by atoms with van der Waals surface area (Å²) in [4.78, 5) is 12.3. The molecule has 0 bridgehead atoms. The third kappa shape index (κ3) is 5.94. The summed E-state index contributed by atoms with van der Waals surface area (Å²) in [6, 6.07) is 16.6. The first-order chi connectivity index (χ1) is 15.2. The Hall–Kier alpha value is -2.74. The fourth-order valence-corrected chi connectivity index (χ4v) is 4.72. The van der Waals surface area contributed by atoms with Gasteiger partial charge in [-0.1, -0.05) is 47.5 Å². The number of benzene rings is 3. The van der Waals surface area contributed by atoms with Gasteiger partial charge in [0.1, 0.15) is 17.3 Å². The van der Waals surface area contributed by atoms with Gasteiger partial charge in [-0.15, -0.1) is 0 Å². The molecule has 0 fully saturated rings. The lowest BCUT2D eigenvalue weighted by Crippen LogP contribution is -2.28. The lowest BCUT2D eigenvalue weighted by Gasteiger charge is -2.14. The maximum absolute atomic E-state index is 13.0. The number of hydrogen-bond acceptors (Lipinski definition) is 4. The van der Waals surface area contributed by atoms with E-state index in [1.165, 1.54) is 18.2 Å². The number of hydrogen-bond donors (Lipinski definition) is 2. The van der Waals surface area contributed by atoms with E-state index in [0.717, 1.165) is 11.1 Å². The fraction of sp³-hybridized carbons (Fsp3) is 0.174. The van der Waals surface area contributed by atoms with E-state index in [0.29, 0.717) is 16.5 Å². The normalized spacial score (nSPS) is 11.1. The fourth-order valence-electron chi connectivity index (χ4n) is 2.89. The van der Waals surface area contributed by atoms with Crippen molar-refractivity contribution in [2.45, 2.75) is 18.7 Å². The van der Waals surface area contributed by atoms with Gasteiger partial charge in [-0.25, -0.2) is 8.42 Å². The Balaban J connectivity index is 1.69. The van der Waals surface area contributed by atoms with E-state index in [9.17, 15) is 13.2 Å². The van der Waals surface area contributed by atoms with E-state index in [1.807, 2.05) is 19.1 Å². The standard InChI is InChI=1S/C23H22Cl2N2O4S/c1-15-7-8-16(2)20(13-15)27-32(29,30)22-14-17(9-10-19(22)25)23(28)26-11-12-31-21-6-4-3-5-18(21)24/h3-10,13-14,27H,11-12H2,1-2H3,(H,26,28). The smallest absolute Gasteiger partial charge is 0.263 e. The largest absolute Gasteiger partial charge is 0.490 e. The van der Waals surface area contributed by atoms with Crippen LogP contribution < -0.4 is 14.8 Å². The second-order valence-corrected chi connectivity index (χ2v) is 9.57. The molecular weight excluding hydrogens is 471 g/mol. The van der Waals surface area contributed by atoms with Gasteiger partial charge in [0.25, 0.3) is 15.9 Å². The van der Waals surface area contributed by atoms with Crippen molar-refractivity contribution in [1.82, 2.24) is 5.32 Å². The number of aryl methyl sites for hydroxylation is 2. The molecule has 3 aromatic rings. The summed E-state index contributed by atoms with van der Waals surface area (Å²) < 4.78 is 34.0. The Morgan fingerprint density at radius 1 is 0.969 bits per heavy atom. The van der Waals surface area contributed by atoms with E-state index in [-0.39, 0.29) is 28.6 Å². The average molecular weight is 493 g/mol. The van der Waals surface area contributed by atoms with Crippen molar-refractivity contribution in [2.24, 2.45) is 0 Å². The molecular formula is C23H22Cl2N2O4S. The highest BCUT2D eigenvalue weighted by atomic mass is 35.5. The number of halogens is 2. The highest BCUT2D eigenvalue weighted by molar-refractivity contribution is 7.92. The molecule has 1 amide bonds. The van der Waals surface area contributed by atoms with Crippen molar-refractivity contribution in [3.05, 3.63) is 87.4 Å². The van der Waals surface area contributed by atoms with Crippen LogP contribution in [-0.4, -0.2) is 27.5 Å². The quantitative estimate of drug-likeness (QED) is 0.422. The molecule has 0 aliphatic rings. The zero-order valence-electron chi connectivity index (χ0n) is 17.5. The van der Waals surface area contributed by atoms with Gasteiger partial charge in [0.15, 0.2) is 0 Å². The molecule has 3 rings (SSSR count). The molecule has 0 spiro atoms. The first-order valence-corrected chi connectivity index (χ1v) is 12.0. The van der Waals surface area contributed by atoms with Crippen molar-refractivity contribution in [2.75, 3.05) is 17.9 Å². The molecule has 32 heavy (non-hydrogen) atoms. The Labute approximate surface area is 197 Å². The van der Waals surface area contributed by atoms with E-state index in [1.54, 1.807) is 37.3 Å². The van der Waals surface area contributed by atoms with Crippen molar-refractivity contribution >= 4 is 44.8 Å². The SMILES string of the molecule is Cc1ccc(C)c(NS(=O)(=O)c2cc(C(=O)NCCOc3ccccc3Cl)ccc2Cl)c1. The Kier molecular flexibility index (Phi) is 7.66. The van der Waals surface area contributed by atoms with Gasteiger partial charge >= 0.3 is 0 Å². The van der Waals surface area contributed by atoms with E-state index >= 15 is 0 Å². The molecule has 0 aromatic heterocycles. The minimum absolute atomic E-state index is 0.0152. The van der Waals surface area contributed by atoms with Crippen LogP contribution in [0.2, 0.25) is 10.0 Å². The maximum Gasteiger partial charge on any atom is 0.263 e. The number of para-hydroxylation sites is 1. The third-order valence-electron chi connectivity index (χ3n) is 4.60. The number of nitrogens with one attached hydrogen (secondary N) is 2. The van der Waals surface area contributed by atoms with E-state index in [4.69, 9.17) is 27.9 Å². The first-order valence-electron chi connectivity index (χ1n) is 9.72. The minimum Gasteiger partial charge on any atom is -0.490 e. The number of carbonyl (C=O) groups is 1. The molecule has 0 atom stereocenters. The molecule has 0 saturated carbocycles. The average Bonchev–Trinajstić information content (AvgIpc) is 2.75. The summed E-state index contributed by atoms with van der Waals surface area (Å²) in [6.07, 6.45) is 0. The molecule has 168 valence electrons. The number of rotatable bonds is 8. The van der Waals surface area contributed by atoms with Gasteiger partial charge in [0, 0.05) is 5.56 Å². The molecule has 0 saturated heterocycles. The number of anilines is 1. The number of amides is 1. The molecule has 0 unspecified atom stereocenters. The molecule has 2 N–H and O–H groups in total. The van der Waals surface area contributed by atoms with Crippen LogP contribution in [0.3, 0.4) is 0 Å². The highest BCUT2D eigenvalue weighted by Crippen LogP contribution is 2.27. The minimum atomic E-state index is -4.01. The Morgan fingerprint density at radius 3 is 2.47 bits per heavy atom. The maximum atomic E-state index is 13.0. The van der Waals surface area contributed by atoms with Crippen LogP contribution in [0.25, 0.3) is 0 Å². The van der Waals surface area contributed by atoms with Gasteiger partial charge in [-0.3, -0.25) is 9.52 Å². The number of carbonyl (C=O) groups excluding carboxylic acids is 1. The van der Waals surface area contributed by atoms with Crippen LogP contribution in [-0.2, 0) is 10.0 Å². The second kappa shape index (κ2) is 10.3. The lowest BCUT2D eigenvalue weighted by molar-refractivity contribution is 0.0947. The predicted octanol–water partition coefficient (Wildman–Crippen LogP) is 5.22. The second-order valence-electron chi connectivity index (χ2n) is 7.10. The van der Waals surface area contributed by atoms with Crippen molar-refractivity contribution in [3.8, 4) is 5.75 Å². The first kappa shape index (κ1) is 23.9. The van der Waals surface area contributed by atoms with Crippen LogP contribution in [0.5, 0.6) is 5.75 Å². The van der Waals surface area contributed by atoms with Gasteiger partial charge in [-0.2, -0.15) is 0 Å².